The molecule has 0 saturated heterocycles. The molecule has 0 aliphatic heterocycles. The van der Waals surface area contributed by atoms with Gasteiger partial charge in [0.2, 0.25) is 0 Å². The van der Waals surface area contributed by atoms with Crippen LogP contribution in [0.5, 0.6) is 0 Å². The Morgan fingerprint density at radius 2 is 2.00 bits per heavy atom. The van der Waals surface area contributed by atoms with Crippen LogP contribution in [0.3, 0.4) is 0 Å². The first-order chi connectivity index (χ1) is 10.2. The third kappa shape index (κ3) is 3.16. The van der Waals surface area contributed by atoms with E-state index in [1.165, 1.54) is 5.56 Å². The molecule has 0 radical (unpaired) electrons. The Balaban J connectivity index is 1.77. The van der Waals surface area contributed by atoms with Gasteiger partial charge in [0.05, 0.1) is 5.52 Å². The summed E-state index contributed by atoms with van der Waals surface area (Å²) >= 11 is 0. The number of benzene rings is 2. The van der Waals surface area contributed by atoms with Crippen LogP contribution in [0.1, 0.15) is 18.9 Å². The minimum Gasteiger partial charge on any atom is -0.408 e. The number of H-pyrrole nitrogens is 1. The number of oxazole rings is 1. The first-order valence-corrected chi connectivity index (χ1v) is 7.18. The van der Waals surface area contributed by atoms with Gasteiger partial charge < -0.3 is 9.73 Å². The molecule has 3 rings (SSSR count). The lowest BCUT2D eigenvalue weighted by atomic mass is 10.0. The van der Waals surface area contributed by atoms with Crippen molar-refractivity contribution in [1.29, 1.82) is 0 Å². The largest absolute Gasteiger partial charge is 0.417 e. The molecule has 21 heavy (non-hydrogen) atoms. The number of anilines is 1. The molecule has 0 aliphatic carbocycles. The van der Waals surface area contributed by atoms with Crippen LogP contribution in [-0.2, 0) is 6.42 Å². The van der Waals surface area contributed by atoms with Gasteiger partial charge in [-0.1, -0.05) is 37.3 Å². The van der Waals surface area contributed by atoms with Crippen LogP contribution in [0, 0.1) is 0 Å². The minimum atomic E-state index is -0.418. The van der Waals surface area contributed by atoms with Crippen LogP contribution in [0.4, 0.5) is 5.69 Å². The minimum absolute atomic E-state index is 0.350. The van der Waals surface area contributed by atoms with Crippen molar-refractivity contribution < 1.29 is 4.42 Å². The number of aromatic nitrogens is 1. The van der Waals surface area contributed by atoms with Crippen molar-refractivity contribution in [2.75, 3.05) is 5.32 Å². The number of fused-ring (bicyclic) bond motifs is 1. The van der Waals surface area contributed by atoms with E-state index in [0.717, 1.165) is 24.0 Å². The summed E-state index contributed by atoms with van der Waals surface area (Å²) in [5.41, 5.74) is 3.61. The molecule has 0 amide bonds. The van der Waals surface area contributed by atoms with E-state index in [9.17, 15) is 4.79 Å². The number of hydrogen-bond acceptors (Lipinski definition) is 3. The molecule has 1 atom stereocenters. The van der Waals surface area contributed by atoms with E-state index in [1.54, 1.807) is 0 Å². The zero-order valence-corrected chi connectivity index (χ0v) is 11.9. The molecular weight excluding hydrogens is 264 g/mol. The van der Waals surface area contributed by atoms with Crippen molar-refractivity contribution in [3.8, 4) is 0 Å². The van der Waals surface area contributed by atoms with E-state index < -0.39 is 5.76 Å². The summed E-state index contributed by atoms with van der Waals surface area (Å²) in [5.74, 6) is -0.418. The van der Waals surface area contributed by atoms with Gasteiger partial charge in [-0.2, -0.15) is 0 Å². The summed E-state index contributed by atoms with van der Waals surface area (Å²) in [6, 6.07) is 16.4. The van der Waals surface area contributed by atoms with Gasteiger partial charge in [0.15, 0.2) is 5.58 Å². The molecule has 0 aliphatic rings. The second-order valence-corrected chi connectivity index (χ2v) is 5.16. The number of nitrogens with one attached hydrogen (secondary N) is 2. The van der Waals surface area contributed by atoms with Crippen LogP contribution < -0.4 is 11.1 Å². The predicted octanol–water partition coefficient (Wildman–Crippen LogP) is 3.55. The van der Waals surface area contributed by atoms with Crippen LogP contribution in [0.2, 0.25) is 0 Å². The molecule has 1 aromatic heterocycles. The van der Waals surface area contributed by atoms with Gasteiger partial charge in [0, 0.05) is 11.7 Å². The lowest BCUT2D eigenvalue weighted by molar-refractivity contribution is 0.555. The van der Waals surface area contributed by atoms with Gasteiger partial charge in [-0.15, -0.1) is 0 Å². The Kier molecular flexibility index (Phi) is 3.77. The second-order valence-electron chi connectivity index (χ2n) is 5.16. The molecule has 2 N–H and O–H groups in total. The van der Waals surface area contributed by atoms with Crippen LogP contribution in [-0.4, -0.2) is 11.0 Å². The maximum absolute atomic E-state index is 11.2. The Labute approximate surface area is 122 Å². The Morgan fingerprint density at radius 3 is 2.76 bits per heavy atom. The van der Waals surface area contributed by atoms with Crippen LogP contribution >= 0.6 is 0 Å². The molecule has 0 saturated carbocycles. The topological polar surface area (TPSA) is 58.0 Å². The van der Waals surface area contributed by atoms with Crippen molar-refractivity contribution in [2.45, 2.75) is 25.8 Å². The van der Waals surface area contributed by atoms with Gasteiger partial charge in [-0.05, 0) is 36.6 Å². The third-order valence-corrected chi connectivity index (χ3v) is 3.61. The lowest BCUT2D eigenvalue weighted by Gasteiger charge is -2.18. The second kappa shape index (κ2) is 5.87. The highest BCUT2D eigenvalue weighted by Gasteiger charge is 2.08. The Bertz CT molecular complexity index is 774. The van der Waals surface area contributed by atoms with Gasteiger partial charge in [0.1, 0.15) is 0 Å². The highest BCUT2D eigenvalue weighted by molar-refractivity contribution is 5.76. The van der Waals surface area contributed by atoms with Crippen molar-refractivity contribution in [2.24, 2.45) is 0 Å². The maximum Gasteiger partial charge on any atom is 0.417 e. The molecule has 0 fully saturated rings. The summed E-state index contributed by atoms with van der Waals surface area (Å²) in [6.45, 7) is 2.17. The SMILES string of the molecule is CCC(Cc1ccccc1)Nc1ccc2oc(=O)[nH]c2c1. The predicted molar refractivity (Wildman–Crippen MR) is 84.7 cm³/mol. The molecular formula is C17H18N2O2. The van der Waals surface area contributed by atoms with E-state index in [1.807, 2.05) is 24.3 Å². The highest BCUT2D eigenvalue weighted by Crippen LogP contribution is 2.18. The highest BCUT2D eigenvalue weighted by atomic mass is 16.4. The lowest BCUT2D eigenvalue weighted by Crippen LogP contribution is -2.21. The van der Waals surface area contributed by atoms with Crippen molar-refractivity contribution in [3.63, 3.8) is 0 Å². The summed E-state index contributed by atoms with van der Waals surface area (Å²) in [5, 5.41) is 3.51. The average Bonchev–Trinajstić information content (AvgIpc) is 2.87. The van der Waals surface area contributed by atoms with Gasteiger partial charge in [-0.3, -0.25) is 4.98 Å². The summed E-state index contributed by atoms with van der Waals surface area (Å²) in [7, 11) is 0. The summed E-state index contributed by atoms with van der Waals surface area (Å²) in [6.07, 6.45) is 1.99. The fraction of sp³-hybridized carbons (Fsp3) is 0.235. The third-order valence-electron chi connectivity index (χ3n) is 3.61. The Morgan fingerprint density at radius 1 is 1.19 bits per heavy atom. The molecule has 0 spiro atoms. The molecule has 2 aromatic carbocycles. The van der Waals surface area contributed by atoms with E-state index in [4.69, 9.17) is 4.42 Å². The van der Waals surface area contributed by atoms with Gasteiger partial charge in [0.25, 0.3) is 0 Å². The van der Waals surface area contributed by atoms with Crippen LogP contribution in [0.15, 0.2) is 57.7 Å². The first-order valence-electron chi connectivity index (χ1n) is 7.18. The summed E-state index contributed by atoms with van der Waals surface area (Å²) < 4.78 is 5.01. The molecule has 1 unspecified atom stereocenters. The molecule has 0 bridgehead atoms. The van der Waals surface area contributed by atoms with Crippen molar-refractivity contribution in [3.05, 3.63) is 64.6 Å². The van der Waals surface area contributed by atoms with Gasteiger partial charge >= 0.3 is 5.76 Å². The quantitative estimate of drug-likeness (QED) is 0.752. The van der Waals surface area contributed by atoms with E-state index >= 15 is 0 Å². The fourth-order valence-electron chi connectivity index (χ4n) is 2.47. The van der Waals surface area contributed by atoms with Crippen LogP contribution in [0.25, 0.3) is 11.1 Å². The number of rotatable bonds is 5. The van der Waals surface area contributed by atoms with Crippen molar-refractivity contribution >= 4 is 16.8 Å². The smallest absolute Gasteiger partial charge is 0.408 e. The zero-order valence-electron chi connectivity index (χ0n) is 11.9. The van der Waals surface area contributed by atoms with E-state index in [0.29, 0.717) is 11.6 Å². The number of aromatic amines is 1. The van der Waals surface area contributed by atoms with E-state index in [-0.39, 0.29) is 0 Å². The standard InChI is InChI=1S/C17H18N2O2/c1-2-13(10-12-6-4-3-5-7-12)18-14-8-9-16-15(11-14)19-17(20)21-16/h3-9,11,13,18H,2,10H2,1H3,(H,19,20). The maximum atomic E-state index is 11.2. The molecule has 108 valence electrons. The normalized spacial score (nSPS) is 12.4. The summed E-state index contributed by atoms with van der Waals surface area (Å²) in [4.78, 5) is 13.9. The number of hydrogen-bond donors (Lipinski definition) is 2. The molecule has 4 heteroatoms. The zero-order chi connectivity index (χ0) is 14.7. The monoisotopic (exact) mass is 282 g/mol. The average molecular weight is 282 g/mol. The Hall–Kier alpha value is -2.49. The first kappa shape index (κ1) is 13.5. The molecule has 1 heterocycles. The van der Waals surface area contributed by atoms with Crippen molar-refractivity contribution in [1.82, 2.24) is 4.98 Å². The van der Waals surface area contributed by atoms with Gasteiger partial charge in [-0.25, -0.2) is 4.79 Å². The fourth-order valence-corrected chi connectivity index (χ4v) is 2.47. The molecule has 4 nitrogen and oxygen atoms in total. The van der Waals surface area contributed by atoms with E-state index in [2.05, 4.69) is 41.5 Å². The molecule has 3 aromatic rings.